The maximum absolute atomic E-state index is 14.0. The van der Waals surface area contributed by atoms with Crippen LogP contribution in [0.15, 0.2) is 41.4 Å². The molecule has 5 atom stereocenters. The van der Waals surface area contributed by atoms with Gasteiger partial charge in [-0.05, 0) is 30.3 Å². The minimum absolute atomic E-state index is 0.0957. The summed E-state index contributed by atoms with van der Waals surface area (Å²) in [6.07, 6.45) is -2.50. The zero-order chi connectivity index (χ0) is 31.4. The molecule has 11 nitrogen and oxygen atoms in total. The number of carbonyl (C=O) groups excluding carboxylic acids is 3. The molecule has 2 heterocycles. The topological polar surface area (TPSA) is 143 Å². The molecule has 1 aliphatic heterocycles. The normalized spacial score (nSPS) is 21.5. The van der Waals surface area contributed by atoms with Crippen LogP contribution in [-0.2, 0) is 33.3 Å². The molecule has 1 saturated heterocycles. The van der Waals surface area contributed by atoms with Gasteiger partial charge in [0.05, 0.1) is 17.8 Å². The maximum Gasteiger partial charge on any atom is 0.303 e. The van der Waals surface area contributed by atoms with E-state index in [-0.39, 0.29) is 21.8 Å². The largest absolute Gasteiger partial charge is 0.463 e. The fraction of sp³-hybridized carbons (Fsp3) is 0.333. The average Bonchev–Trinajstić information content (AvgIpc) is 3.41. The zero-order valence-electron chi connectivity index (χ0n) is 22.6. The lowest BCUT2D eigenvalue weighted by Gasteiger charge is -2.44. The molecule has 0 unspecified atom stereocenters. The minimum atomic E-state index is -1.67. The first-order chi connectivity index (χ1) is 20.4. The molecule has 0 amide bonds. The number of hydrogen-bond acceptors (Lipinski definition) is 11. The van der Waals surface area contributed by atoms with Gasteiger partial charge in [-0.25, -0.2) is 17.9 Å². The highest BCUT2D eigenvalue weighted by molar-refractivity contribution is 7.99. The second kappa shape index (κ2) is 13.4. The Bertz CT molecular complexity index is 1580. The van der Waals surface area contributed by atoms with Gasteiger partial charge in [-0.15, -0.1) is 5.10 Å². The van der Waals surface area contributed by atoms with E-state index in [1.54, 1.807) is 6.07 Å². The van der Waals surface area contributed by atoms with Crippen LogP contribution in [-0.4, -0.2) is 63.3 Å². The van der Waals surface area contributed by atoms with Gasteiger partial charge in [0.2, 0.25) is 0 Å². The van der Waals surface area contributed by atoms with Gasteiger partial charge in [-0.1, -0.05) is 28.6 Å². The van der Waals surface area contributed by atoms with E-state index in [0.29, 0.717) is 4.90 Å². The molecule has 0 saturated carbocycles. The van der Waals surface area contributed by atoms with E-state index in [1.165, 1.54) is 18.3 Å². The van der Waals surface area contributed by atoms with Gasteiger partial charge >= 0.3 is 17.9 Å². The quantitative estimate of drug-likeness (QED) is 0.197. The lowest BCUT2D eigenvalue weighted by Crippen LogP contribution is -2.57. The third-order valence-electron chi connectivity index (χ3n) is 6.02. The molecule has 4 rings (SSSR count). The molecule has 3 aromatic rings. The first-order valence-corrected chi connectivity index (χ1v) is 13.7. The maximum atomic E-state index is 14.0. The highest BCUT2D eigenvalue weighted by atomic mass is 35.5. The van der Waals surface area contributed by atoms with Gasteiger partial charge in [0.1, 0.15) is 29.9 Å². The summed E-state index contributed by atoms with van der Waals surface area (Å²) in [7, 11) is 0. The molecule has 43 heavy (non-hydrogen) atoms. The first kappa shape index (κ1) is 31.8. The van der Waals surface area contributed by atoms with Crippen molar-refractivity contribution in [2.75, 3.05) is 6.61 Å². The Labute approximate surface area is 251 Å². The Kier molecular flexibility index (Phi) is 9.95. The number of hydrogen-bond donors (Lipinski definition) is 0. The summed E-state index contributed by atoms with van der Waals surface area (Å²) in [6.45, 7) is 3.01. The van der Waals surface area contributed by atoms with Crippen LogP contribution in [0.1, 0.15) is 32.4 Å². The van der Waals surface area contributed by atoms with E-state index in [4.69, 9.17) is 30.5 Å². The summed E-state index contributed by atoms with van der Waals surface area (Å²) in [4.78, 5) is 36.6. The number of ether oxygens (including phenoxy) is 4. The van der Waals surface area contributed by atoms with Gasteiger partial charge in [-0.2, -0.15) is 5.26 Å². The van der Waals surface area contributed by atoms with E-state index < -0.39 is 71.8 Å². The van der Waals surface area contributed by atoms with Gasteiger partial charge < -0.3 is 18.9 Å². The van der Waals surface area contributed by atoms with E-state index in [9.17, 15) is 32.8 Å². The van der Waals surface area contributed by atoms with E-state index in [0.717, 1.165) is 49.3 Å². The molecule has 0 spiro atoms. The Morgan fingerprint density at radius 3 is 2.28 bits per heavy atom. The molecule has 0 bridgehead atoms. The second-order valence-corrected chi connectivity index (χ2v) is 10.8. The molecule has 0 aliphatic carbocycles. The van der Waals surface area contributed by atoms with E-state index in [1.807, 2.05) is 6.07 Å². The number of benzene rings is 2. The van der Waals surface area contributed by atoms with Crippen molar-refractivity contribution in [2.24, 2.45) is 0 Å². The molecule has 16 heteroatoms. The van der Waals surface area contributed by atoms with Crippen molar-refractivity contribution in [2.45, 2.75) is 55.5 Å². The van der Waals surface area contributed by atoms with Gasteiger partial charge in [-0.3, -0.25) is 14.4 Å². The molecular weight excluding hydrogens is 617 g/mol. The minimum Gasteiger partial charge on any atom is -0.463 e. The summed E-state index contributed by atoms with van der Waals surface area (Å²) < 4.78 is 65.2. The average molecular weight is 639 g/mol. The predicted molar refractivity (Wildman–Crippen MR) is 143 cm³/mol. The Morgan fingerprint density at radius 2 is 1.67 bits per heavy atom. The molecule has 1 aliphatic rings. The highest BCUT2D eigenvalue weighted by Gasteiger charge is 2.52. The lowest BCUT2D eigenvalue weighted by atomic mass is 9.96. The van der Waals surface area contributed by atoms with Crippen LogP contribution < -0.4 is 0 Å². The SMILES string of the molecule is CC(=O)OC[C@H]1O[C@H](Sc2cc(Cl)cc(C#N)c2)[C@H](OC(C)=O)[C@@H](n2cc(-c3cc(F)c(F)c(F)c3)nn2)[C@H]1OC(C)=O. The number of aromatic nitrogens is 3. The summed E-state index contributed by atoms with van der Waals surface area (Å²) in [5.41, 5.74) is -1.12. The van der Waals surface area contributed by atoms with Crippen molar-refractivity contribution in [1.29, 1.82) is 5.26 Å². The van der Waals surface area contributed by atoms with Gasteiger partial charge in [0.15, 0.2) is 29.7 Å². The Hall–Kier alpha value is -4.13. The van der Waals surface area contributed by atoms with Crippen LogP contribution in [0.2, 0.25) is 5.02 Å². The van der Waals surface area contributed by atoms with Gasteiger partial charge in [0.25, 0.3) is 0 Å². The lowest BCUT2D eigenvalue weighted by molar-refractivity contribution is -0.212. The molecule has 1 aromatic heterocycles. The third-order valence-corrected chi connectivity index (χ3v) is 7.36. The number of halogens is 4. The number of rotatable bonds is 8. The van der Waals surface area contributed by atoms with Crippen molar-refractivity contribution >= 4 is 41.3 Å². The number of nitriles is 1. The fourth-order valence-electron chi connectivity index (χ4n) is 4.37. The monoisotopic (exact) mass is 638 g/mol. The molecule has 0 radical (unpaired) electrons. The zero-order valence-corrected chi connectivity index (χ0v) is 24.2. The molecule has 1 fully saturated rings. The third kappa shape index (κ3) is 7.64. The van der Waals surface area contributed by atoms with Gasteiger partial charge in [0, 0.05) is 36.3 Å². The molecule has 2 aromatic carbocycles. The van der Waals surface area contributed by atoms with Crippen molar-refractivity contribution in [3.05, 3.63) is 64.6 Å². The number of thioether (sulfide) groups is 1. The fourth-order valence-corrected chi connectivity index (χ4v) is 5.87. The number of esters is 3. The van der Waals surface area contributed by atoms with Crippen LogP contribution in [0.3, 0.4) is 0 Å². The van der Waals surface area contributed by atoms with Crippen molar-refractivity contribution in [1.82, 2.24) is 15.0 Å². The summed E-state index contributed by atoms with van der Waals surface area (Å²) in [6, 6.07) is 6.73. The van der Waals surface area contributed by atoms with Crippen molar-refractivity contribution in [3.8, 4) is 17.3 Å². The number of carbonyl (C=O) groups is 3. The Balaban J connectivity index is 1.84. The second-order valence-electron chi connectivity index (χ2n) is 9.23. The standard InChI is InChI=1S/C27H22ClF3N4O7S/c1-12(36)39-11-22-25(40-13(2)37)24(35-10-21(33-34-35)16-6-19(29)23(31)20(30)7-16)26(41-14(3)38)27(42-22)43-18-5-15(9-32)4-17(28)8-18/h4-8,10,22,24-27H,11H2,1-3H3/t22-,24+,25+,26-,27-/m1/s1. The van der Waals surface area contributed by atoms with Crippen LogP contribution in [0.4, 0.5) is 13.2 Å². The number of nitrogens with zero attached hydrogens (tertiary/aromatic N) is 4. The van der Waals surface area contributed by atoms with Crippen LogP contribution in [0.25, 0.3) is 11.3 Å². The first-order valence-electron chi connectivity index (χ1n) is 12.4. The molecular formula is C27H22ClF3N4O7S. The molecule has 0 N–H and O–H groups in total. The smallest absolute Gasteiger partial charge is 0.303 e. The summed E-state index contributed by atoms with van der Waals surface area (Å²) in [5, 5.41) is 17.6. The van der Waals surface area contributed by atoms with E-state index >= 15 is 0 Å². The predicted octanol–water partition coefficient (Wildman–Crippen LogP) is 4.37. The van der Waals surface area contributed by atoms with E-state index in [2.05, 4.69) is 10.3 Å². The summed E-state index contributed by atoms with van der Waals surface area (Å²) >= 11 is 7.18. The Morgan fingerprint density at radius 1 is 1.02 bits per heavy atom. The highest BCUT2D eigenvalue weighted by Crippen LogP contribution is 2.42. The van der Waals surface area contributed by atoms with Crippen molar-refractivity contribution in [3.63, 3.8) is 0 Å². The van der Waals surface area contributed by atoms with Crippen LogP contribution in [0.5, 0.6) is 0 Å². The summed E-state index contributed by atoms with van der Waals surface area (Å²) in [5.74, 6) is -6.76. The van der Waals surface area contributed by atoms with Crippen molar-refractivity contribution < 1.29 is 46.5 Å². The van der Waals surface area contributed by atoms with Crippen LogP contribution >= 0.6 is 23.4 Å². The van der Waals surface area contributed by atoms with Crippen LogP contribution in [0, 0.1) is 28.8 Å². The molecule has 226 valence electrons.